The number of hydrogen-bond acceptors (Lipinski definition) is 4. The number of aromatic nitrogens is 1. The van der Waals surface area contributed by atoms with Gasteiger partial charge in [-0.2, -0.15) is 0 Å². The zero-order valence-corrected chi connectivity index (χ0v) is 19.2. The number of aryl methyl sites for hydroxylation is 1. The van der Waals surface area contributed by atoms with E-state index < -0.39 is 0 Å². The third-order valence-corrected chi connectivity index (χ3v) is 6.37. The Balaban J connectivity index is 1.59. The Morgan fingerprint density at radius 2 is 2.00 bits per heavy atom. The minimum atomic E-state index is -0.267. The van der Waals surface area contributed by atoms with E-state index in [4.69, 9.17) is 0 Å². The van der Waals surface area contributed by atoms with Gasteiger partial charge in [0.2, 0.25) is 0 Å². The molecular weight excluding hydrogens is 411 g/mol. The molecule has 5 heteroatoms. The fraction of sp³-hybridized carbons (Fsp3) is 0.286. The number of halogens is 1. The zero-order chi connectivity index (χ0) is 23.2. The lowest BCUT2D eigenvalue weighted by molar-refractivity contribution is 0.289. The average molecular weight is 443 g/mol. The molecule has 1 N–H and O–H groups in total. The van der Waals surface area contributed by atoms with Crippen LogP contribution in [0.5, 0.6) is 0 Å². The minimum absolute atomic E-state index is 0.267. The number of hydrogen-bond donors (Lipinski definition) is 1. The standard InChI is InChI=1S/C28H31FN4/c1-20-27(21(2)32-25-13-11-24(29)12-14-25)16-23(17-31-20)26-10-7-15-33(28(26)18-30-3)19-22-8-5-4-6-9-22/h7,10-18,22,32H,2-6,8-9,19H2,1H3/b28-18-. The molecular formula is C28H31FN4. The van der Waals surface area contributed by atoms with E-state index in [0.717, 1.165) is 40.3 Å². The maximum Gasteiger partial charge on any atom is 0.123 e. The van der Waals surface area contributed by atoms with Crippen LogP contribution in [0, 0.1) is 18.7 Å². The van der Waals surface area contributed by atoms with E-state index in [1.807, 2.05) is 19.3 Å². The molecule has 0 spiro atoms. The van der Waals surface area contributed by atoms with Crippen molar-refractivity contribution >= 4 is 23.7 Å². The molecule has 0 bridgehead atoms. The van der Waals surface area contributed by atoms with Crippen molar-refractivity contribution in [2.24, 2.45) is 10.9 Å². The first-order chi connectivity index (χ1) is 16.0. The van der Waals surface area contributed by atoms with Gasteiger partial charge in [-0.25, -0.2) is 4.39 Å². The average Bonchev–Trinajstić information content (AvgIpc) is 2.83. The summed E-state index contributed by atoms with van der Waals surface area (Å²) in [5, 5.41) is 3.27. The van der Waals surface area contributed by atoms with Crippen LogP contribution in [0.4, 0.5) is 10.1 Å². The summed E-state index contributed by atoms with van der Waals surface area (Å²) >= 11 is 0. The lowest BCUT2D eigenvalue weighted by atomic mass is 9.88. The first kappa shape index (κ1) is 22.7. The van der Waals surface area contributed by atoms with Crippen LogP contribution in [0.15, 0.2) is 78.3 Å². The van der Waals surface area contributed by atoms with E-state index in [9.17, 15) is 4.39 Å². The van der Waals surface area contributed by atoms with Crippen molar-refractivity contribution in [3.63, 3.8) is 0 Å². The van der Waals surface area contributed by atoms with Crippen molar-refractivity contribution in [3.05, 3.63) is 96.0 Å². The second kappa shape index (κ2) is 10.4. The molecule has 0 saturated heterocycles. The van der Waals surface area contributed by atoms with E-state index in [-0.39, 0.29) is 5.82 Å². The highest BCUT2D eigenvalue weighted by atomic mass is 19.1. The van der Waals surface area contributed by atoms with E-state index in [0.29, 0.717) is 11.6 Å². The number of aliphatic imine (C=N–C) groups is 1. The van der Waals surface area contributed by atoms with Crippen molar-refractivity contribution in [1.29, 1.82) is 0 Å². The number of anilines is 1. The number of nitrogens with zero attached hydrogens (tertiary/aromatic N) is 3. The van der Waals surface area contributed by atoms with E-state index in [1.54, 1.807) is 12.1 Å². The monoisotopic (exact) mass is 442 g/mol. The number of pyridine rings is 1. The Kier molecular flexibility index (Phi) is 7.18. The summed E-state index contributed by atoms with van der Waals surface area (Å²) in [6, 6.07) is 8.34. The molecule has 1 saturated carbocycles. The molecule has 0 amide bonds. The summed E-state index contributed by atoms with van der Waals surface area (Å²) in [4.78, 5) is 11.1. The van der Waals surface area contributed by atoms with Crippen LogP contribution in [0.3, 0.4) is 0 Å². The fourth-order valence-corrected chi connectivity index (χ4v) is 4.61. The molecule has 170 valence electrons. The summed E-state index contributed by atoms with van der Waals surface area (Å²) in [5.41, 5.74) is 6.36. The van der Waals surface area contributed by atoms with Gasteiger partial charge in [0.05, 0.1) is 11.9 Å². The van der Waals surface area contributed by atoms with Gasteiger partial charge < -0.3 is 10.2 Å². The Hall–Kier alpha value is -3.47. The normalized spacial score (nSPS) is 17.7. The van der Waals surface area contributed by atoms with Crippen molar-refractivity contribution < 1.29 is 4.39 Å². The van der Waals surface area contributed by atoms with Gasteiger partial charge in [-0.1, -0.05) is 31.9 Å². The minimum Gasteiger partial charge on any atom is -0.355 e. The Morgan fingerprint density at radius 1 is 1.24 bits per heavy atom. The first-order valence-corrected chi connectivity index (χ1v) is 11.6. The molecule has 0 unspecified atom stereocenters. The molecule has 1 aromatic carbocycles. The summed E-state index contributed by atoms with van der Waals surface area (Å²) in [5.74, 6) is 0.429. The lowest BCUT2D eigenvalue weighted by Gasteiger charge is -2.33. The number of rotatable bonds is 7. The van der Waals surface area contributed by atoms with Crippen LogP contribution in [-0.4, -0.2) is 23.1 Å². The predicted octanol–water partition coefficient (Wildman–Crippen LogP) is 6.95. The van der Waals surface area contributed by atoms with Gasteiger partial charge in [0.1, 0.15) is 5.82 Å². The SMILES string of the molecule is C=N/C=C1/C(c2cnc(C)c(C(=C)Nc3ccc(F)cc3)c2)=CC=CN1CC1CCCCC1. The van der Waals surface area contributed by atoms with Gasteiger partial charge in [-0.3, -0.25) is 9.98 Å². The van der Waals surface area contributed by atoms with Crippen LogP contribution in [-0.2, 0) is 0 Å². The fourth-order valence-electron chi connectivity index (χ4n) is 4.61. The van der Waals surface area contributed by atoms with E-state index >= 15 is 0 Å². The lowest BCUT2D eigenvalue weighted by Crippen LogP contribution is -2.27. The van der Waals surface area contributed by atoms with Crippen LogP contribution in [0.2, 0.25) is 0 Å². The van der Waals surface area contributed by atoms with E-state index in [2.05, 4.69) is 57.9 Å². The van der Waals surface area contributed by atoms with Crippen molar-refractivity contribution in [2.45, 2.75) is 39.0 Å². The largest absolute Gasteiger partial charge is 0.355 e. The highest BCUT2D eigenvalue weighted by molar-refractivity contribution is 5.84. The Bertz CT molecular complexity index is 1110. The van der Waals surface area contributed by atoms with Gasteiger partial charge in [0.25, 0.3) is 0 Å². The number of benzene rings is 1. The van der Waals surface area contributed by atoms with Gasteiger partial charge in [-0.05, 0) is 68.8 Å². The van der Waals surface area contributed by atoms with E-state index in [1.165, 1.54) is 44.2 Å². The third-order valence-electron chi connectivity index (χ3n) is 6.37. The summed E-state index contributed by atoms with van der Waals surface area (Å²) in [6.07, 6.45) is 16.6. The van der Waals surface area contributed by atoms with Crippen molar-refractivity contribution in [1.82, 2.24) is 9.88 Å². The van der Waals surface area contributed by atoms with Crippen LogP contribution >= 0.6 is 0 Å². The molecule has 0 atom stereocenters. The molecule has 1 aliphatic heterocycles. The van der Waals surface area contributed by atoms with Crippen LogP contribution in [0.1, 0.15) is 48.9 Å². The Morgan fingerprint density at radius 3 is 2.73 bits per heavy atom. The Labute approximate surface area is 196 Å². The molecule has 2 heterocycles. The summed E-state index contributed by atoms with van der Waals surface area (Å²) in [7, 11) is 0. The maximum atomic E-state index is 13.3. The van der Waals surface area contributed by atoms with Crippen LogP contribution < -0.4 is 5.32 Å². The molecule has 1 aromatic heterocycles. The highest BCUT2D eigenvalue weighted by Crippen LogP contribution is 2.34. The summed E-state index contributed by atoms with van der Waals surface area (Å²) < 4.78 is 13.3. The molecule has 1 fully saturated rings. The second-order valence-corrected chi connectivity index (χ2v) is 8.74. The molecule has 33 heavy (non-hydrogen) atoms. The second-order valence-electron chi connectivity index (χ2n) is 8.74. The topological polar surface area (TPSA) is 40.5 Å². The van der Waals surface area contributed by atoms with Crippen LogP contribution in [0.25, 0.3) is 11.3 Å². The number of allylic oxidation sites excluding steroid dienone is 3. The third kappa shape index (κ3) is 5.48. The molecule has 0 radical (unpaired) electrons. The summed E-state index contributed by atoms with van der Waals surface area (Å²) in [6.45, 7) is 10.9. The molecule has 2 aliphatic rings. The highest BCUT2D eigenvalue weighted by Gasteiger charge is 2.22. The predicted molar refractivity (Wildman–Crippen MR) is 136 cm³/mol. The van der Waals surface area contributed by atoms with Gasteiger partial charge in [0.15, 0.2) is 0 Å². The van der Waals surface area contributed by atoms with Gasteiger partial charge in [-0.15, -0.1) is 0 Å². The van der Waals surface area contributed by atoms with Gasteiger partial charge in [0, 0.05) is 52.7 Å². The molecule has 1 aliphatic carbocycles. The molecule has 4 nitrogen and oxygen atoms in total. The number of nitrogens with one attached hydrogen (secondary N) is 1. The molecule has 4 rings (SSSR count). The first-order valence-electron chi connectivity index (χ1n) is 11.6. The maximum absolute atomic E-state index is 13.3. The van der Waals surface area contributed by atoms with Crippen molar-refractivity contribution in [3.8, 4) is 0 Å². The molecule has 2 aromatic rings. The quantitative estimate of drug-likeness (QED) is 0.472. The van der Waals surface area contributed by atoms with Crippen molar-refractivity contribution in [2.75, 3.05) is 11.9 Å². The zero-order valence-electron chi connectivity index (χ0n) is 19.2. The smallest absolute Gasteiger partial charge is 0.123 e. The van der Waals surface area contributed by atoms with Gasteiger partial charge >= 0.3 is 0 Å².